The Bertz CT molecular complexity index is 588. The minimum Gasteiger partial charge on any atom is -0.314 e. The molecule has 0 atom stereocenters. The maximum absolute atomic E-state index is 12.8. The molecule has 4 nitrogen and oxygen atoms in total. The van der Waals surface area contributed by atoms with Gasteiger partial charge in [0.25, 0.3) is 0 Å². The Kier molecular flexibility index (Phi) is 4.23. The fourth-order valence-corrected chi connectivity index (χ4v) is 4.35. The normalized spacial score (nSPS) is 20.0. The molecule has 0 aliphatic carbocycles. The molecule has 1 aliphatic heterocycles. The summed E-state index contributed by atoms with van der Waals surface area (Å²) in [6, 6.07) is 5.60. The Labute approximate surface area is 122 Å². The van der Waals surface area contributed by atoms with Crippen molar-refractivity contribution >= 4 is 10.0 Å². The van der Waals surface area contributed by atoms with Crippen molar-refractivity contribution in [2.75, 3.05) is 20.1 Å². The number of benzene rings is 1. The molecule has 1 aliphatic rings. The van der Waals surface area contributed by atoms with E-state index in [1.54, 1.807) is 10.4 Å². The van der Waals surface area contributed by atoms with Crippen LogP contribution in [0.5, 0.6) is 0 Å². The van der Waals surface area contributed by atoms with Crippen LogP contribution in [-0.2, 0) is 10.0 Å². The molecule has 1 aromatic rings. The second-order valence-electron chi connectivity index (χ2n) is 5.98. The van der Waals surface area contributed by atoms with Crippen LogP contribution < -0.4 is 5.32 Å². The summed E-state index contributed by atoms with van der Waals surface area (Å²) in [6.07, 6.45) is 1.68. The highest BCUT2D eigenvalue weighted by molar-refractivity contribution is 7.89. The van der Waals surface area contributed by atoms with Crippen molar-refractivity contribution in [2.45, 2.75) is 44.0 Å². The monoisotopic (exact) mass is 296 g/mol. The predicted molar refractivity (Wildman–Crippen MR) is 81.4 cm³/mol. The summed E-state index contributed by atoms with van der Waals surface area (Å²) in [4.78, 5) is 0.450. The van der Waals surface area contributed by atoms with Gasteiger partial charge in [0.15, 0.2) is 0 Å². The van der Waals surface area contributed by atoms with Crippen LogP contribution in [-0.4, -0.2) is 38.4 Å². The summed E-state index contributed by atoms with van der Waals surface area (Å²) >= 11 is 0. The topological polar surface area (TPSA) is 49.4 Å². The second kappa shape index (κ2) is 5.47. The van der Waals surface area contributed by atoms with Crippen LogP contribution in [0.25, 0.3) is 0 Å². The fourth-order valence-electron chi connectivity index (χ4n) is 2.59. The third kappa shape index (κ3) is 2.90. The number of nitrogens with one attached hydrogen (secondary N) is 1. The van der Waals surface area contributed by atoms with Crippen molar-refractivity contribution in [1.82, 2.24) is 9.62 Å². The van der Waals surface area contributed by atoms with Crippen molar-refractivity contribution in [3.63, 3.8) is 0 Å². The minimum absolute atomic E-state index is 0.0493. The summed E-state index contributed by atoms with van der Waals surface area (Å²) in [5.41, 5.74) is 1.84. The average Bonchev–Trinajstić information content (AvgIpc) is 2.42. The van der Waals surface area contributed by atoms with Gasteiger partial charge < -0.3 is 5.32 Å². The first kappa shape index (κ1) is 15.5. The molecule has 0 amide bonds. The number of hydrogen-bond acceptors (Lipinski definition) is 3. The van der Waals surface area contributed by atoms with E-state index in [2.05, 4.69) is 12.2 Å². The van der Waals surface area contributed by atoms with E-state index in [1.165, 1.54) is 0 Å². The fraction of sp³-hybridized carbons (Fsp3) is 0.600. The van der Waals surface area contributed by atoms with Gasteiger partial charge in [-0.1, -0.05) is 12.1 Å². The van der Waals surface area contributed by atoms with Crippen molar-refractivity contribution in [2.24, 2.45) is 0 Å². The minimum atomic E-state index is -3.37. The van der Waals surface area contributed by atoms with E-state index in [0.717, 1.165) is 24.0 Å². The van der Waals surface area contributed by atoms with Gasteiger partial charge in [-0.3, -0.25) is 0 Å². The quantitative estimate of drug-likeness (QED) is 0.929. The molecule has 0 saturated carbocycles. The lowest BCUT2D eigenvalue weighted by atomic mass is 9.91. The lowest BCUT2D eigenvalue weighted by Gasteiger charge is -2.38. The van der Waals surface area contributed by atoms with Crippen molar-refractivity contribution in [3.8, 4) is 0 Å². The Hall–Kier alpha value is -0.910. The van der Waals surface area contributed by atoms with Crippen LogP contribution in [0.15, 0.2) is 23.1 Å². The highest BCUT2D eigenvalue weighted by Gasteiger charge is 2.34. The lowest BCUT2D eigenvalue weighted by Crippen LogP contribution is -2.51. The first-order valence-corrected chi connectivity index (χ1v) is 8.49. The van der Waals surface area contributed by atoms with Crippen molar-refractivity contribution < 1.29 is 8.42 Å². The average molecular weight is 296 g/mol. The van der Waals surface area contributed by atoms with Gasteiger partial charge in [0.2, 0.25) is 10.0 Å². The number of piperidine rings is 1. The zero-order valence-electron chi connectivity index (χ0n) is 12.7. The van der Waals surface area contributed by atoms with Gasteiger partial charge in [-0.15, -0.1) is 0 Å². The molecule has 112 valence electrons. The molecule has 1 fully saturated rings. The third-order valence-corrected chi connectivity index (χ3v) is 6.43. The van der Waals surface area contributed by atoms with Gasteiger partial charge in [-0.2, -0.15) is 4.31 Å². The van der Waals surface area contributed by atoms with Crippen molar-refractivity contribution in [3.05, 3.63) is 29.3 Å². The number of rotatable bonds is 3. The molecule has 1 aromatic carbocycles. The first-order valence-electron chi connectivity index (χ1n) is 7.05. The molecular weight excluding hydrogens is 272 g/mol. The van der Waals surface area contributed by atoms with Gasteiger partial charge in [0.1, 0.15) is 0 Å². The SMILES string of the molecule is CNC1(C)CCN(S(=O)(=O)c2cc(C)ccc2C)CC1. The molecule has 1 heterocycles. The molecule has 0 bridgehead atoms. The number of aryl methyl sites for hydroxylation is 2. The van der Waals surface area contributed by atoms with Crippen LogP contribution in [0, 0.1) is 13.8 Å². The van der Waals surface area contributed by atoms with E-state index >= 15 is 0 Å². The maximum atomic E-state index is 12.8. The molecule has 0 spiro atoms. The molecule has 1 N–H and O–H groups in total. The van der Waals surface area contributed by atoms with E-state index in [0.29, 0.717) is 18.0 Å². The van der Waals surface area contributed by atoms with E-state index in [4.69, 9.17) is 0 Å². The second-order valence-corrected chi connectivity index (χ2v) is 7.89. The van der Waals surface area contributed by atoms with Crippen LogP contribution in [0.2, 0.25) is 0 Å². The van der Waals surface area contributed by atoms with Crippen molar-refractivity contribution in [1.29, 1.82) is 0 Å². The molecule has 1 saturated heterocycles. The van der Waals surface area contributed by atoms with Crippen LogP contribution in [0.4, 0.5) is 0 Å². The largest absolute Gasteiger partial charge is 0.314 e. The van der Waals surface area contributed by atoms with Gasteiger partial charge in [0.05, 0.1) is 4.90 Å². The summed E-state index contributed by atoms with van der Waals surface area (Å²) in [6.45, 7) is 7.08. The summed E-state index contributed by atoms with van der Waals surface area (Å²) in [5, 5.41) is 3.29. The van der Waals surface area contributed by atoms with Gasteiger partial charge in [0, 0.05) is 18.6 Å². The van der Waals surface area contributed by atoms with Gasteiger partial charge >= 0.3 is 0 Å². The lowest BCUT2D eigenvalue weighted by molar-refractivity contribution is 0.219. The van der Waals surface area contributed by atoms with Gasteiger partial charge in [-0.05, 0) is 57.9 Å². The zero-order valence-corrected chi connectivity index (χ0v) is 13.5. The molecule has 2 rings (SSSR count). The van der Waals surface area contributed by atoms with Gasteiger partial charge in [-0.25, -0.2) is 8.42 Å². The molecular formula is C15H24N2O2S. The number of hydrogen-bond donors (Lipinski definition) is 1. The highest BCUT2D eigenvalue weighted by Crippen LogP contribution is 2.27. The number of nitrogens with zero attached hydrogens (tertiary/aromatic N) is 1. The summed E-state index contributed by atoms with van der Waals surface area (Å²) in [5.74, 6) is 0. The standard InChI is InChI=1S/C15H24N2O2S/c1-12-5-6-13(2)14(11-12)20(18,19)17-9-7-15(3,16-4)8-10-17/h5-6,11,16H,7-10H2,1-4H3. The molecule has 0 radical (unpaired) electrons. The predicted octanol–water partition coefficient (Wildman–Crippen LogP) is 2.07. The Morgan fingerprint density at radius 3 is 2.35 bits per heavy atom. The maximum Gasteiger partial charge on any atom is 0.243 e. The highest BCUT2D eigenvalue weighted by atomic mass is 32.2. The van der Waals surface area contributed by atoms with E-state index in [9.17, 15) is 8.42 Å². The Balaban J connectivity index is 2.26. The van der Waals surface area contributed by atoms with Crippen LogP contribution in [0.3, 0.4) is 0 Å². The third-order valence-electron chi connectivity index (χ3n) is 4.39. The summed E-state index contributed by atoms with van der Waals surface area (Å²) < 4.78 is 27.1. The Morgan fingerprint density at radius 1 is 1.20 bits per heavy atom. The van der Waals surface area contributed by atoms with E-state index in [1.807, 2.05) is 33.0 Å². The van der Waals surface area contributed by atoms with Crippen LogP contribution in [0.1, 0.15) is 30.9 Å². The van der Waals surface area contributed by atoms with E-state index < -0.39 is 10.0 Å². The molecule has 5 heteroatoms. The number of sulfonamides is 1. The smallest absolute Gasteiger partial charge is 0.243 e. The molecule has 20 heavy (non-hydrogen) atoms. The van der Waals surface area contributed by atoms with E-state index in [-0.39, 0.29) is 5.54 Å². The Morgan fingerprint density at radius 2 is 1.80 bits per heavy atom. The van der Waals surface area contributed by atoms with Crippen LogP contribution >= 0.6 is 0 Å². The zero-order chi connectivity index (χ0) is 15.0. The summed E-state index contributed by atoms with van der Waals surface area (Å²) in [7, 11) is -1.43. The molecule has 0 unspecified atom stereocenters. The first-order chi connectivity index (χ1) is 9.28. The molecule has 0 aromatic heterocycles.